The molecule has 1 aliphatic rings. The van der Waals surface area contributed by atoms with Gasteiger partial charge < -0.3 is 10.8 Å². The van der Waals surface area contributed by atoms with E-state index in [9.17, 15) is 14.4 Å². The zero-order valence-corrected chi connectivity index (χ0v) is 10.1. The topological polar surface area (TPSA) is 113 Å². The van der Waals surface area contributed by atoms with Crippen molar-refractivity contribution in [2.45, 2.75) is 6.04 Å². The van der Waals surface area contributed by atoms with Gasteiger partial charge in [-0.2, -0.15) is 0 Å². The standard InChI is InChI=1S/C10H9N3O4S/c1-13-8(7-4(11)2-3-18-7)12-5(10(16)17)6(14)9(13)15/h2-3,5H,11H2,1H3,(H,16,17). The summed E-state index contributed by atoms with van der Waals surface area (Å²) in [7, 11) is 1.36. The van der Waals surface area contributed by atoms with Gasteiger partial charge in [-0.1, -0.05) is 0 Å². The SMILES string of the molecule is CN1C(=O)C(=O)C(C(=O)O)N=C1c1sccc1N. The fourth-order valence-corrected chi connectivity index (χ4v) is 2.38. The van der Waals surface area contributed by atoms with Gasteiger partial charge in [-0.15, -0.1) is 11.3 Å². The highest BCUT2D eigenvalue weighted by Crippen LogP contribution is 2.24. The van der Waals surface area contributed by atoms with Gasteiger partial charge in [0.2, 0.25) is 6.04 Å². The molecule has 1 aromatic heterocycles. The summed E-state index contributed by atoms with van der Waals surface area (Å²) in [6.07, 6.45) is 0. The number of Topliss-reactive ketones (excluding diaryl/α,β-unsaturated/α-hetero) is 1. The van der Waals surface area contributed by atoms with Crippen LogP contribution in [0.25, 0.3) is 0 Å². The van der Waals surface area contributed by atoms with Crippen LogP contribution < -0.4 is 5.73 Å². The highest BCUT2D eigenvalue weighted by atomic mass is 32.1. The van der Waals surface area contributed by atoms with E-state index in [1.807, 2.05) is 0 Å². The second-order valence-corrected chi connectivity index (χ2v) is 4.54. The Bertz CT molecular complexity index is 577. The average molecular weight is 267 g/mol. The van der Waals surface area contributed by atoms with Crippen LogP contribution in [0.4, 0.5) is 5.69 Å². The highest BCUT2D eigenvalue weighted by molar-refractivity contribution is 7.12. The van der Waals surface area contributed by atoms with Gasteiger partial charge in [-0.05, 0) is 11.4 Å². The van der Waals surface area contributed by atoms with Crippen LogP contribution in [0, 0.1) is 0 Å². The number of amidine groups is 1. The minimum absolute atomic E-state index is 0.111. The average Bonchev–Trinajstić information content (AvgIpc) is 2.72. The molecule has 3 N–H and O–H groups in total. The number of thiophene rings is 1. The van der Waals surface area contributed by atoms with Crippen LogP contribution in [-0.2, 0) is 14.4 Å². The molecule has 1 unspecified atom stereocenters. The minimum atomic E-state index is -1.69. The molecule has 94 valence electrons. The number of hydrogen-bond acceptors (Lipinski definition) is 6. The Morgan fingerprint density at radius 2 is 2.22 bits per heavy atom. The number of nitrogen functional groups attached to an aromatic ring is 1. The first-order chi connectivity index (χ1) is 8.43. The van der Waals surface area contributed by atoms with E-state index in [-0.39, 0.29) is 5.84 Å². The lowest BCUT2D eigenvalue weighted by Gasteiger charge is -2.24. The Morgan fingerprint density at radius 1 is 1.56 bits per heavy atom. The number of aliphatic carboxylic acids is 1. The third-order valence-corrected chi connectivity index (χ3v) is 3.39. The summed E-state index contributed by atoms with van der Waals surface area (Å²) in [4.78, 5) is 39.3. The molecule has 2 heterocycles. The van der Waals surface area contributed by atoms with Crippen LogP contribution in [-0.4, -0.2) is 46.6 Å². The number of carbonyl (C=O) groups excluding carboxylic acids is 2. The van der Waals surface area contributed by atoms with Crippen LogP contribution >= 0.6 is 11.3 Å². The Balaban J connectivity index is 2.55. The minimum Gasteiger partial charge on any atom is -0.479 e. The molecule has 1 atom stereocenters. The molecule has 2 rings (SSSR count). The summed E-state index contributed by atoms with van der Waals surface area (Å²) < 4.78 is 0. The highest BCUT2D eigenvalue weighted by Gasteiger charge is 2.40. The molecule has 7 nitrogen and oxygen atoms in total. The van der Waals surface area contributed by atoms with Crippen molar-refractivity contribution in [1.29, 1.82) is 0 Å². The van der Waals surface area contributed by atoms with Crippen molar-refractivity contribution in [1.82, 2.24) is 4.90 Å². The third kappa shape index (κ3) is 1.76. The zero-order chi connectivity index (χ0) is 13.4. The smallest absolute Gasteiger partial charge is 0.336 e. The normalized spacial score (nSPS) is 19.9. The molecule has 1 aliphatic heterocycles. The summed E-state index contributed by atoms with van der Waals surface area (Å²) in [5.74, 6) is -3.29. The van der Waals surface area contributed by atoms with E-state index < -0.39 is 23.7 Å². The number of carbonyl (C=O) groups is 3. The second-order valence-electron chi connectivity index (χ2n) is 3.63. The van der Waals surface area contributed by atoms with E-state index in [2.05, 4.69) is 4.99 Å². The molecule has 1 amide bonds. The number of rotatable bonds is 2. The van der Waals surface area contributed by atoms with E-state index in [0.29, 0.717) is 10.6 Å². The predicted molar refractivity (Wildman–Crippen MR) is 64.5 cm³/mol. The lowest BCUT2D eigenvalue weighted by atomic mass is 10.1. The first-order valence-electron chi connectivity index (χ1n) is 4.89. The Hall–Kier alpha value is -2.22. The number of carboxylic acids is 1. The fraction of sp³-hybridized carbons (Fsp3) is 0.200. The lowest BCUT2D eigenvalue weighted by molar-refractivity contribution is -0.149. The van der Waals surface area contributed by atoms with Gasteiger partial charge in [-0.3, -0.25) is 14.5 Å². The van der Waals surface area contributed by atoms with Gasteiger partial charge in [0.05, 0.1) is 10.6 Å². The molecule has 0 radical (unpaired) electrons. The predicted octanol–water partition coefficient (Wildman–Crippen LogP) is -0.429. The van der Waals surface area contributed by atoms with E-state index >= 15 is 0 Å². The zero-order valence-electron chi connectivity index (χ0n) is 9.28. The van der Waals surface area contributed by atoms with Crippen LogP contribution in [0.2, 0.25) is 0 Å². The summed E-state index contributed by atoms with van der Waals surface area (Å²) >= 11 is 1.22. The van der Waals surface area contributed by atoms with Gasteiger partial charge in [0.1, 0.15) is 0 Å². The molecule has 0 spiro atoms. The number of amides is 1. The summed E-state index contributed by atoms with van der Waals surface area (Å²) in [6.45, 7) is 0. The van der Waals surface area contributed by atoms with Crippen molar-refractivity contribution in [3.63, 3.8) is 0 Å². The molecule has 1 aromatic rings. The molecular weight excluding hydrogens is 258 g/mol. The fourth-order valence-electron chi connectivity index (χ4n) is 1.53. The molecule has 8 heteroatoms. The van der Waals surface area contributed by atoms with Gasteiger partial charge in [0, 0.05) is 7.05 Å². The van der Waals surface area contributed by atoms with E-state index in [1.54, 1.807) is 11.4 Å². The number of hydrogen-bond donors (Lipinski definition) is 2. The van der Waals surface area contributed by atoms with Gasteiger partial charge >= 0.3 is 5.97 Å². The summed E-state index contributed by atoms with van der Waals surface area (Å²) in [5.41, 5.74) is 6.08. The van der Waals surface area contributed by atoms with Crippen LogP contribution in [0.1, 0.15) is 4.88 Å². The van der Waals surface area contributed by atoms with Gasteiger partial charge in [0.15, 0.2) is 5.84 Å². The maximum atomic E-state index is 11.7. The summed E-state index contributed by atoms with van der Waals surface area (Å²) in [6, 6.07) is -0.0715. The van der Waals surface area contributed by atoms with Crippen molar-refractivity contribution in [2.24, 2.45) is 4.99 Å². The maximum Gasteiger partial charge on any atom is 0.336 e. The maximum absolute atomic E-state index is 11.7. The second kappa shape index (κ2) is 4.22. The van der Waals surface area contributed by atoms with Gasteiger partial charge in [0.25, 0.3) is 11.7 Å². The lowest BCUT2D eigenvalue weighted by Crippen LogP contribution is -2.50. The molecule has 0 aromatic carbocycles. The Labute approximate surface area is 106 Å². The number of likely N-dealkylation sites (N-methyl/N-ethyl adjacent to an activating group) is 1. The third-order valence-electron chi connectivity index (χ3n) is 2.47. The van der Waals surface area contributed by atoms with Crippen molar-refractivity contribution in [3.05, 3.63) is 16.3 Å². The van der Waals surface area contributed by atoms with Crippen LogP contribution in [0.5, 0.6) is 0 Å². The Kier molecular flexibility index (Phi) is 2.87. The molecule has 0 bridgehead atoms. The van der Waals surface area contributed by atoms with E-state index in [4.69, 9.17) is 10.8 Å². The Morgan fingerprint density at radius 3 is 2.72 bits per heavy atom. The van der Waals surface area contributed by atoms with Crippen molar-refractivity contribution in [2.75, 3.05) is 12.8 Å². The monoisotopic (exact) mass is 267 g/mol. The van der Waals surface area contributed by atoms with Crippen molar-refractivity contribution >= 4 is 40.5 Å². The number of carboxylic acid groups (broad SMARTS) is 1. The van der Waals surface area contributed by atoms with Crippen molar-refractivity contribution in [3.8, 4) is 0 Å². The largest absolute Gasteiger partial charge is 0.479 e. The molecule has 0 saturated carbocycles. The van der Waals surface area contributed by atoms with E-state index in [1.165, 1.54) is 18.4 Å². The molecular formula is C10H9N3O4S. The summed E-state index contributed by atoms with van der Waals surface area (Å²) in [5, 5.41) is 10.6. The van der Waals surface area contributed by atoms with E-state index in [0.717, 1.165) is 4.90 Å². The first kappa shape index (κ1) is 12.2. The number of aliphatic imine (C=N–C) groups is 1. The molecule has 0 saturated heterocycles. The van der Waals surface area contributed by atoms with Crippen molar-refractivity contribution < 1.29 is 19.5 Å². The number of nitrogens with two attached hydrogens (primary N) is 1. The molecule has 0 aliphatic carbocycles. The number of ketones is 1. The van der Waals surface area contributed by atoms with Crippen LogP contribution in [0.3, 0.4) is 0 Å². The van der Waals surface area contributed by atoms with Crippen LogP contribution in [0.15, 0.2) is 16.4 Å². The molecule has 18 heavy (non-hydrogen) atoms. The number of anilines is 1. The quantitative estimate of drug-likeness (QED) is 0.557. The first-order valence-corrected chi connectivity index (χ1v) is 5.77. The van der Waals surface area contributed by atoms with Gasteiger partial charge in [-0.25, -0.2) is 9.79 Å². The molecule has 0 fully saturated rings. The number of nitrogens with zero attached hydrogens (tertiary/aromatic N) is 2.